The first kappa shape index (κ1) is 27.6. The van der Waals surface area contributed by atoms with Gasteiger partial charge in [-0.2, -0.15) is 0 Å². The lowest BCUT2D eigenvalue weighted by atomic mass is 10.1. The third kappa shape index (κ3) is 11.3. The maximum absolute atomic E-state index is 11.9. The third-order valence-electron chi connectivity index (χ3n) is 5.42. The summed E-state index contributed by atoms with van der Waals surface area (Å²) in [6, 6.07) is -0.907. The van der Waals surface area contributed by atoms with E-state index in [1.165, 1.54) is 6.92 Å². The zero-order valence-corrected chi connectivity index (χ0v) is 18.5. The van der Waals surface area contributed by atoms with Crippen LogP contribution in [0.25, 0.3) is 0 Å². The standard InChI is InChI=1S/C20H34N4O8/c1-16(26)2-3-17(20(31)32)24-10-8-21(12-13-25)4-5-22(14-18(27)28)6-7-23(9-11-24)15-19(29)30/h13,17H,2-12,14-15H2,1H3,(H,27,28)(H,29,30)(H,31,32)/t17-/m0/s1. The van der Waals surface area contributed by atoms with Gasteiger partial charge in [-0.15, -0.1) is 0 Å². The molecule has 0 unspecified atom stereocenters. The molecule has 1 saturated heterocycles. The van der Waals surface area contributed by atoms with Crippen molar-refractivity contribution in [3.63, 3.8) is 0 Å². The summed E-state index contributed by atoms with van der Waals surface area (Å²) in [4.78, 5) is 63.8. The average Bonchev–Trinajstić information content (AvgIpc) is 2.68. The smallest absolute Gasteiger partial charge is 0.320 e. The zero-order chi connectivity index (χ0) is 24.1. The maximum Gasteiger partial charge on any atom is 0.320 e. The molecule has 1 heterocycles. The van der Waals surface area contributed by atoms with Crippen molar-refractivity contribution in [3.8, 4) is 0 Å². The van der Waals surface area contributed by atoms with Crippen LogP contribution in [0.15, 0.2) is 0 Å². The first-order chi connectivity index (χ1) is 15.1. The Kier molecular flexibility index (Phi) is 12.6. The molecule has 12 heteroatoms. The first-order valence-corrected chi connectivity index (χ1v) is 10.6. The summed E-state index contributed by atoms with van der Waals surface area (Å²) in [5.41, 5.74) is 0. The number of aliphatic carboxylic acids is 3. The number of rotatable bonds is 11. The predicted molar refractivity (Wildman–Crippen MR) is 114 cm³/mol. The highest BCUT2D eigenvalue weighted by atomic mass is 16.4. The molecule has 0 amide bonds. The molecule has 32 heavy (non-hydrogen) atoms. The molecular weight excluding hydrogens is 424 g/mol. The number of carbonyl (C=O) groups excluding carboxylic acids is 2. The Labute approximate surface area is 187 Å². The minimum absolute atomic E-state index is 0.112. The lowest BCUT2D eigenvalue weighted by Crippen LogP contribution is -2.51. The van der Waals surface area contributed by atoms with Crippen molar-refractivity contribution in [2.75, 3.05) is 72.0 Å². The molecule has 0 aromatic rings. The van der Waals surface area contributed by atoms with E-state index in [9.17, 15) is 34.2 Å². The molecule has 0 spiro atoms. The SMILES string of the molecule is CC(=O)CC[C@@H](C(=O)O)N1CCN(CC=O)CCN(CC(=O)O)CCN(CC(=O)O)CC1. The molecule has 1 atom stereocenters. The fourth-order valence-corrected chi connectivity index (χ4v) is 3.65. The average molecular weight is 459 g/mol. The van der Waals surface area contributed by atoms with Gasteiger partial charge in [0, 0.05) is 58.8 Å². The molecule has 12 nitrogen and oxygen atoms in total. The molecule has 0 radical (unpaired) electrons. The van der Waals surface area contributed by atoms with Crippen LogP contribution in [0.4, 0.5) is 0 Å². The summed E-state index contributed by atoms with van der Waals surface area (Å²) < 4.78 is 0. The molecule has 1 aliphatic rings. The molecule has 182 valence electrons. The predicted octanol–water partition coefficient (Wildman–Crippen LogP) is -1.60. The summed E-state index contributed by atoms with van der Waals surface area (Å²) in [6.07, 6.45) is 1.01. The third-order valence-corrected chi connectivity index (χ3v) is 5.42. The minimum atomic E-state index is -1.06. The van der Waals surface area contributed by atoms with E-state index in [2.05, 4.69) is 0 Å². The summed E-state index contributed by atoms with van der Waals surface area (Å²) in [7, 11) is 0. The van der Waals surface area contributed by atoms with E-state index >= 15 is 0 Å². The zero-order valence-electron chi connectivity index (χ0n) is 18.5. The molecule has 0 aromatic carbocycles. The molecule has 1 rings (SSSR count). The minimum Gasteiger partial charge on any atom is -0.480 e. The van der Waals surface area contributed by atoms with Crippen LogP contribution in [0.1, 0.15) is 19.8 Å². The maximum atomic E-state index is 11.9. The van der Waals surface area contributed by atoms with E-state index in [1.54, 1.807) is 14.7 Å². The summed E-state index contributed by atoms with van der Waals surface area (Å²) in [6.45, 7) is 3.69. The van der Waals surface area contributed by atoms with Gasteiger partial charge in [0.25, 0.3) is 0 Å². The molecule has 0 aliphatic carbocycles. The van der Waals surface area contributed by atoms with Crippen molar-refractivity contribution in [2.24, 2.45) is 0 Å². The van der Waals surface area contributed by atoms with Gasteiger partial charge in [0.2, 0.25) is 0 Å². The van der Waals surface area contributed by atoms with E-state index < -0.39 is 23.9 Å². The Bertz CT molecular complexity index is 660. The normalized spacial score (nSPS) is 19.4. The van der Waals surface area contributed by atoms with Crippen molar-refractivity contribution in [3.05, 3.63) is 0 Å². The molecule has 0 aromatic heterocycles. The van der Waals surface area contributed by atoms with Gasteiger partial charge >= 0.3 is 17.9 Å². The van der Waals surface area contributed by atoms with Gasteiger partial charge in [0.1, 0.15) is 18.1 Å². The van der Waals surface area contributed by atoms with E-state index in [4.69, 9.17) is 5.11 Å². The number of Topliss-reactive ketones (excluding diaryl/α,β-unsaturated/α-hetero) is 1. The van der Waals surface area contributed by atoms with Crippen LogP contribution in [0, 0.1) is 0 Å². The second-order valence-electron chi connectivity index (χ2n) is 7.94. The van der Waals surface area contributed by atoms with Gasteiger partial charge in [-0.25, -0.2) is 0 Å². The molecule has 3 N–H and O–H groups in total. The summed E-state index contributed by atoms with van der Waals surface area (Å²) >= 11 is 0. The highest BCUT2D eigenvalue weighted by molar-refractivity contribution is 5.78. The van der Waals surface area contributed by atoms with Gasteiger partial charge in [-0.3, -0.25) is 34.0 Å². The van der Waals surface area contributed by atoms with Crippen LogP contribution >= 0.6 is 0 Å². The van der Waals surface area contributed by atoms with Gasteiger partial charge in [0.05, 0.1) is 19.6 Å². The van der Waals surface area contributed by atoms with E-state index in [1.807, 2.05) is 4.90 Å². The number of nitrogens with zero attached hydrogens (tertiary/aromatic N) is 4. The van der Waals surface area contributed by atoms with Crippen LogP contribution < -0.4 is 0 Å². The Morgan fingerprint density at radius 2 is 1.22 bits per heavy atom. The van der Waals surface area contributed by atoms with E-state index in [0.29, 0.717) is 39.3 Å². The Morgan fingerprint density at radius 1 is 0.781 bits per heavy atom. The van der Waals surface area contributed by atoms with Crippen LogP contribution in [-0.2, 0) is 24.0 Å². The molecular formula is C20H34N4O8. The molecule has 1 aliphatic heterocycles. The number of aldehydes is 1. The summed E-state index contributed by atoms with van der Waals surface area (Å²) in [5.74, 6) is -3.20. The van der Waals surface area contributed by atoms with Crippen molar-refractivity contribution in [2.45, 2.75) is 25.8 Å². The number of hydrogen-bond donors (Lipinski definition) is 3. The molecule has 0 saturated carbocycles. The van der Waals surface area contributed by atoms with Crippen LogP contribution in [-0.4, -0.2) is 143 Å². The lowest BCUT2D eigenvalue weighted by Gasteiger charge is -2.35. The topological polar surface area (TPSA) is 159 Å². The second kappa shape index (κ2) is 14.6. The highest BCUT2D eigenvalue weighted by Crippen LogP contribution is 2.10. The Morgan fingerprint density at radius 3 is 1.62 bits per heavy atom. The second-order valence-corrected chi connectivity index (χ2v) is 7.94. The summed E-state index contributed by atoms with van der Waals surface area (Å²) in [5, 5.41) is 28.1. The Hall–Kier alpha value is -2.41. The fraction of sp³-hybridized carbons (Fsp3) is 0.750. The Balaban J connectivity index is 3.06. The largest absolute Gasteiger partial charge is 0.480 e. The van der Waals surface area contributed by atoms with Crippen molar-refractivity contribution in [1.82, 2.24) is 19.6 Å². The van der Waals surface area contributed by atoms with E-state index in [-0.39, 0.29) is 51.3 Å². The van der Waals surface area contributed by atoms with Crippen LogP contribution in [0.3, 0.4) is 0 Å². The lowest BCUT2D eigenvalue weighted by molar-refractivity contribution is -0.144. The van der Waals surface area contributed by atoms with Crippen molar-refractivity contribution >= 4 is 30.0 Å². The van der Waals surface area contributed by atoms with Gasteiger partial charge in [-0.1, -0.05) is 0 Å². The number of carboxylic acid groups (broad SMARTS) is 3. The highest BCUT2D eigenvalue weighted by Gasteiger charge is 2.27. The quantitative estimate of drug-likeness (QED) is 0.305. The van der Waals surface area contributed by atoms with E-state index in [0.717, 1.165) is 6.29 Å². The number of hydrogen-bond acceptors (Lipinski definition) is 9. The fourth-order valence-electron chi connectivity index (χ4n) is 3.65. The van der Waals surface area contributed by atoms with Gasteiger partial charge in [0.15, 0.2) is 0 Å². The van der Waals surface area contributed by atoms with Crippen LogP contribution in [0.2, 0.25) is 0 Å². The number of ketones is 1. The van der Waals surface area contributed by atoms with Crippen molar-refractivity contribution in [1.29, 1.82) is 0 Å². The first-order valence-electron chi connectivity index (χ1n) is 10.6. The number of carboxylic acids is 3. The van der Waals surface area contributed by atoms with Gasteiger partial charge < -0.3 is 24.9 Å². The van der Waals surface area contributed by atoms with Crippen LogP contribution in [0.5, 0.6) is 0 Å². The van der Waals surface area contributed by atoms with Crippen molar-refractivity contribution < 1.29 is 39.3 Å². The molecule has 0 bridgehead atoms. The molecule has 1 fully saturated rings. The monoisotopic (exact) mass is 458 g/mol. The van der Waals surface area contributed by atoms with Gasteiger partial charge in [-0.05, 0) is 13.3 Å². The number of carbonyl (C=O) groups is 5.